The van der Waals surface area contributed by atoms with E-state index in [0.717, 1.165) is 11.8 Å². The van der Waals surface area contributed by atoms with Crippen LogP contribution in [-0.2, 0) is 0 Å². The second-order valence-corrected chi connectivity index (χ2v) is 8.23. The van der Waals surface area contributed by atoms with Crippen molar-refractivity contribution in [3.05, 3.63) is 34.3 Å². The Morgan fingerprint density at radius 3 is 2.74 bits per heavy atom. The highest BCUT2D eigenvalue weighted by Crippen LogP contribution is 2.31. The molecule has 0 saturated heterocycles. The Labute approximate surface area is 164 Å². The predicted octanol–water partition coefficient (Wildman–Crippen LogP) is 4.11. The van der Waals surface area contributed by atoms with Crippen LogP contribution >= 0.6 is 11.3 Å². The van der Waals surface area contributed by atoms with Gasteiger partial charge >= 0.3 is 0 Å². The molecule has 5 nitrogen and oxygen atoms in total. The fourth-order valence-electron chi connectivity index (χ4n) is 2.27. The standard InChI is InChI=1S/C21H24N2O3S/c1-7-21(5,6)23-19(25)18-14(4)22-20(27-18)15-8-9-17(16(10-15)11-24)26-12-13(2)3/h1,8-11,13H,12H2,2-6H3,(H,23,25). The summed E-state index contributed by atoms with van der Waals surface area (Å²) >= 11 is 1.27. The van der Waals surface area contributed by atoms with Crippen molar-refractivity contribution in [1.82, 2.24) is 10.3 Å². The minimum Gasteiger partial charge on any atom is -0.493 e. The Hall–Kier alpha value is -2.65. The third-order valence-electron chi connectivity index (χ3n) is 3.75. The van der Waals surface area contributed by atoms with Gasteiger partial charge < -0.3 is 10.1 Å². The minimum atomic E-state index is -0.742. The van der Waals surface area contributed by atoms with Crippen LogP contribution < -0.4 is 10.1 Å². The van der Waals surface area contributed by atoms with Crippen LogP contribution in [0.25, 0.3) is 10.6 Å². The lowest BCUT2D eigenvalue weighted by Gasteiger charge is -2.18. The Balaban J connectivity index is 2.30. The molecule has 0 bridgehead atoms. The number of hydrogen-bond acceptors (Lipinski definition) is 5. The molecular formula is C21H24N2O3S. The van der Waals surface area contributed by atoms with Crippen LogP contribution in [0, 0.1) is 25.2 Å². The molecule has 0 radical (unpaired) electrons. The number of amides is 1. The summed E-state index contributed by atoms with van der Waals surface area (Å²) in [5, 5.41) is 3.47. The average Bonchev–Trinajstić information content (AvgIpc) is 3.01. The van der Waals surface area contributed by atoms with Crippen molar-refractivity contribution in [2.24, 2.45) is 5.92 Å². The molecular weight excluding hydrogens is 360 g/mol. The van der Waals surface area contributed by atoms with E-state index in [2.05, 4.69) is 16.2 Å². The zero-order valence-electron chi connectivity index (χ0n) is 16.3. The van der Waals surface area contributed by atoms with Crippen LogP contribution in [0.2, 0.25) is 0 Å². The summed E-state index contributed by atoms with van der Waals surface area (Å²) in [6.07, 6.45) is 6.20. The number of nitrogens with zero attached hydrogens (tertiary/aromatic N) is 1. The van der Waals surface area contributed by atoms with E-state index in [-0.39, 0.29) is 5.91 Å². The first-order valence-corrected chi connectivity index (χ1v) is 9.48. The normalized spacial score (nSPS) is 11.1. The van der Waals surface area contributed by atoms with Crippen LogP contribution in [0.15, 0.2) is 18.2 Å². The second kappa shape index (κ2) is 8.36. The number of rotatable bonds is 7. The number of hydrogen-bond donors (Lipinski definition) is 1. The van der Waals surface area contributed by atoms with Crippen LogP contribution in [0.3, 0.4) is 0 Å². The summed E-state index contributed by atoms with van der Waals surface area (Å²) in [6.45, 7) is 9.91. The molecule has 0 aliphatic carbocycles. The number of benzene rings is 1. The average molecular weight is 385 g/mol. The van der Waals surface area contributed by atoms with Gasteiger partial charge in [0.25, 0.3) is 5.91 Å². The summed E-state index contributed by atoms with van der Waals surface area (Å²) in [6, 6.07) is 5.33. The van der Waals surface area contributed by atoms with E-state index in [1.54, 1.807) is 32.9 Å². The fraction of sp³-hybridized carbons (Fsp3) is 0.381. The van der Waals surface area contributed by atoms with Crippen LogP contribution in [0.5, 0.6) is 5.75 Å². The summed E-state index contributed by atoms with van der Waals surface area (Å²) in [7, 11) is 0. The first kappa shape index (κ1) is 20.7. The fourth-order valence-corrected chi connectivity index (χ4v) is 3.23. The van der Waals surface area contributed by atoms with Gasteiger partial charge in [0.15, 0.2) is 6.29 Å². The van der Waals surface area contributed by atoms with Crippen LogP contribution in [0.4, 0.5) is 0 Å². The lowest BCUT2D eigenvalue weighted by Crippen LogP contribution is -2.42. The van der Waals surface area contributed by atoms with Gasteiger partial charge in [-0.05, 0) is 44.9 Å². The molecule has 142 valence electrons. The van der Waals surface area contributed by atoms with Gasteiger partial charge in [0.05, 0.1) is 23.4 Å². The van der Waals surface area contributed by atoms with E-state index < -0.39 is 5.54 Å². The Morgan fingerprint density at radius 1 is 1.44 bits per heavy atom. The second-order valence-electron chi connectivity index (χ2n) is 7.23. The van der Waals surface area contributed by atoms with Gasteiger partial charge in [0, 0.05) is 5.56 Å². The lowest BCUT2D eigenvalue weighted by molar-refractivity contribution is 0.0933. The van der Waals surface area contributed by atoms with E-state index in [0.29, 0.717) is 39.4 Å². The number of aldehydes is 1. The number of ether oxygens (including phenoxy) is 1. The molecule has 2 rings (SSSR count). The molecule has 1 amide bonds. The Morgan fingerprint density at radius 2 is 2.15 bits per heavy atom. The smallest absolute Gasteiger partial charge is 0.264 e. The maximum atomic E-state index is 12.5. The van der Waals surface area contributed by atoms with Gasteiger partial charge in [-0.1, -0.05) is 19.8 Å². The first-order valence-electron chi connectivity index (χ1n) is 8.67. The van der Waals surface area contributed by atoms with Crippen molar-refractivity contribution in [3.8, 4) is 28.7 Å². The van der Waals surface area contributed by atoms with Crippen molar-refractivity contribution in [2.75, 3.05) is 6.61 Å². The topological polar surface area (TPSA) is 68.3 Å². The minimum absolute atomic E-state index is 0.258. The molecule has 0 unspecified atom stereocenters. The number of carbonyl (C=O) groups is 2. The molecule has 1 heterocycles. The number of thiazole rings is 1. The lowest BCUT2D eigenvalue weighted by atomic mass is 10.1. The zero-order valence-corrected chi connectivity index (χ0v) is 17.1. The summed E-state index contributed by atoms with van der Waals surface area (Å²) in [5.74, 6) is 3.19. The van der Waals surface area contributed by atoms with Gasteiger partial charge in [-0.25, -0.2) is 4.98 Å². The summed E-state index contributed by atoms with van der Waals surface area (Å²) in [5.41, 5.74) is 1.10. The molecule has 0 aliphatic heterocycles. The van der Waals surface area contributed by atoms with Gasteiger partial charge in [0.1, 0.15) is 15.6 Å². The molecule has 0 spiro atoms. The highest BCUT2D eigenvalue weighted by molar-refractivity contribution is 7.17. The SMILES string of the molecule is C#CC(C)(C)NC(=O)c1sc(-c2ccc(OCC(C)C)c(C=O)c2)nc1C. The molecule has 0 aliphatic rings. The van der Waals surface area contributed by atoms with Crippen molar-refractivity contribution < 1.29 is 14.3 Å². The monoisotopic (exact) mass is 384 g/mol. The van der Waals surface area contributed by atoms with E-state index >= 15 is 0 Å². The van der Waals surface area contributed by atoms with Crippen molar-refractivity contribution >= 4 is 23.5 Å². The summed E-state index contributed by atoms with van der Waals surface area (Å²) in [4.78, 5) is 28.9. The van der Waals surface area contributed by atoms with Gasteiger partial charge in [-0.3, -0.25) is 9.59 Å². The Kier molecular flexibility index (Phi) is 6.40. The van der Waals surface area contributed by atoms with Crippen molar-refractivity contribution in [3.63, 3.8) is 0 Å². The van der Waals surface area contributed by atoms with E-state index in [9.17, 15) is 9.59 Å². The quantitative estimate of drug-likeness (QED) is 0.576. The maximum absolute atomic E-state index is 12.5. The highest BCUT2D eigenvalue weighted by atomic mass is 32.1. The molecule has 27 heavy (non-hydrogen) atoms. The molecule has 1 aromatic heterocycles. The maximum Gasteiger partial charge on any atom is 0.264 e. The van der Waals surface area contributed by atoms with Gasteiger partial charge in [0.2, 0.25) is 0 Å². The van der Waals surface area contributed by atoms with Crippen molar-refractivity contribution in [2.45, 2.75) is 40.2 Å². The number of terminal acetylenes is 1. The van der Waals surface area contributed by atoms with E-state index in [1.165, 1.54) is 11.3 Å². The zero-order chi connectivity index (χ0) is 20.2. The van der Waals surface area contributed by atoms with Gasteiger partial charge in [-0.15, -0.1) is 17.8 Å². The summed E-state index contributed by atoms with van der Waals surface area (Å²) < 4.78 is 5.68. The van der Waals surface area contributed by atoms with Crippen LogP contribution in [-0.4, -0.2) is 29.3 Å². The van der Waals surface area contributed by atoms with Gasteiger partial charge in [-0.2, -0.15) is 0 Å². The largest absolute Gasteiger partial charge is 0.493 e. The third kappa shape index (κ3) is 5.18. The number of nitrogens with one attached hydrogen (secondary N) is 1. The number of aryl methyl sites for hydroxylation is 1. The third-order valence-corrected chi connectivity index (χ3v) is 4.95. The van der Waals surface area contributed by atoms with E-state index in [4.69, 9.17) is 11.2 Å². The number of aromatic nitrogens is 1. The molecule has 0 saturated carbocycles. The molecule has 2 aromatic rings. The molecule has 0 fully saturated rings. The number of carbonyl (C=O) groups excluding carboxylic acids is 2. The highest BCUT2D eigenvalue weighted by Gasteiger charge is 2.22. The molecule has 1 N–H and O–H groups in total. The van der Waals surface area contributed by atoms with Crippen molar-refractivity contribution in [1.29, 1.82) is 0 Å². The first-order chi connectivity index (χ1) is 12.7. The Bertz CT molecular complexity index is 891. The molecule has 6 heteroatoms. The molecule has 0 atom stereocenters. The predicted molar refractivity (Wildman–Crippen MR) is 108 cm³/mol. The molecule has 1 aromatic carbocycles. The van der Waals surface area contributed by atoms with E-state index in [1.807, 2.05) is 19.9 Å². The van der Waals surface area contributed by atoms with Crippen LogP contribution in [0.1, 0.15) is 53.4 Å².